The van der Waals surface area contributed by atoms with Gasteiger partial charge in [-0.15, -0.1) is 0 Å². The number of ketones is 1. The van der Waals surface area contributed by atoms with E-state index in [1.807, 2.05) is 10.8 Å². The number of amides is 1. The number of imidazole rings is 1. The molecule has 0 aliphatic carbocycles. The van der Waals surface area contributed by atoms with Crippen molar-refractivity contribution in [3.63, 3.8) is 0 Å². The normalized spacial score (nSPS) is 17.7. The van der Waals surface area contributed by atoms with Gasteiger partial charge in [-0.3, -0.25) is 9.59 Å². The molecule has 1 N–H and O–H groups in total. The number of carbonyl (C=O) groups is 2. The van der Waals surface area contributed by atoms with Gasteiger partial charge in [0.05, 0.1) is 25.1 Å². The molecule has 164 valence electrons. The van der Waals surface area contributed by atoms with Crippen LogP contribution in [-0.4, -0.2) is 44.9 Å². The molecule has 2 aromatic carbocycles. The topological polar surface area (TPSA) is 84.7 Å². The Kier molecular flexibility index (Phi) is 6.28. The first-order chi connectivity index (χ1) is 15.5. The minimum absolute atomic E-state index is 0.0603. The van der Waals surface area contributed by atoms with E-state index in [1.54, 1.807) is 68.2 Å². The number of methoxy groups -OCH3 is 1. The van der Waals surface area contributed by atoms with Crippen LogP contribution in [0.25, 0.3) is 5.76 Å². The number of nitrogens with zero attached hydrogens (tertiary/aromatic N) is 3. The highest BCUT2D eigenvalue weighted by atomic mass is 35.5. The number of aliphatic hydroxyl groups is 1. The third-order valence-electron chi connectivity index (χ3n) is 5.46. The van der Waals surface area contributed by atoms with Crippen molar-refractivity contribution >= 4 is 29.1 Å². The zero-order chi connectivity index (χ0) is 22.7. The summed E-state index contributed by atoms with van der Waals surface area (Å²) in [7, 11) is 1.57. The van der Waals surface area contributed by atoms with Crippen molar-refractivity contribution in [1.82, 2.24) is 14.5 Å². The SMILES string of the molecule is COc1ccc([C@@H]2C(=C(O)c3ccc(Cl)cc3)C(=O)C(=O)N2CCCn2ccnc2)cc1. The monoisotopic (exact) mass is 451 g/mol. The van der Waals surface area contributed by atoms with Gasteiger partial charge in [0.25, 0.3) is 11.7 Å². The second kappa shape index (κ2) is 9.28. The van der Waals surface area contributed by atoms with E-state index < -0.39 is 17.7 Å². The predicted octanol–water partition coefficient (Wildman–Crippen LogP) is 4.06. The molecule has 0 unspecified atom stereocenters. The van der Waals surface area contributed by atoms with E-state index in [9.17, 15) is 14.7 Å². The number of rotatable bonds is 7. The van der Waals surface area contributed by atoms with Crippen molar-refractivity contribution < 1.29 is 19.4 Å². The standard InChI is InChI=1S/C24H22ClN3O4/c1-32-19-9-5-16(6-10-19)21-20(22(29)17-3-7-18(25)8-4-17)23(30)24(31)28(21)13-2-12-27-14-11-26-15-27/h3-11,14-15,21,29H,2,12-13H2,1H3/t21-/m1/s1. The van der Waals surface area contributed by atoms with Crippen LogP contribution in [0.5, 0.6) is 5.75 Å². The average Bonchev–Trinajstić information content (AvgIpc) is 3.41. The van der Waals surface area contributed by atoms with Crippen LogP contribution < -0.4 is 4.74 Å². The average molecular weight is 452 g/mol. The van der Waals surface area contributed by atoms with E-state index in [1.165, 1.54) is 4.90 Å². The number of hydrogen-bond acceptors (Lipinski definition) is 5. The number of aryl methyl sites for hydroxylation is 1. The van der Waals surface area contributed by atoms with Crippen LogP contribution in [-0.2, 0) is 16.1 Å². The predicted molar refractivity (Wildman–Crippen MR) is 120 cm³/mol. The van der Waals surface area contributed by atoms with Crippen LogP contribution in [0.3, 0.4) is 0 Å². The van der Waals surface area contributed by atoms with Gasteiger partial charge in [-0.05, 0) is 48.4 Å². The van der Waals surface area contributed by atoms with Crippen molar-refractivity contribution in [3.05, 3.63) is 89.0 Å². The fourth-order valence-corrected chi connectivity index (χ4v) is 3.98. The molecule has 1 fully saturated rings. The molecule has 0 radical (unpaired) electrons. The van der Waals surface area contributed by atoms with Gasteiger partial charge in [0, 0.05) is 36.1 Å². The first-order valence-electron chi connectivity index (χ1n) is 10.1. The second-order valence-electron chi connectivity index (χ2n) is 7.43. The van der Waals surface area contributed by atoms with E-state index in [-0.39, 0.29) is 11.3 Å². The number of benzene rings is 2. The van der Waals surface area contributed by atoms with Crippen molar-refractivity contribution in [2.24, 2.45) is 0 Å². The smallest absolute Gasteiger partial charge is 0.295 e. The summed E-state index contributed by atoms with van der Waals surface area (Å²) in [6.07, 6.45) is 5.86. The molecule has 1 saturated heterocycles. The lowest BCUT2D eigenvalue weighted by Crippen LogP contribution is -2.31. The van der Waals surface area contributed by atoms with Gasteiger partial charge in [-0.2, -0.15) is 0 Å². The maximum absolute atomic E-state index is 13.0. The lowest BCUT2D eigenvalue weighted by molar-refractivity contribution is -0.139. The molecule has 7 nitrogen and oxygen atoms in total. The first-order valence-corrected chi connectivity index (χ1v) is 10.5. The molecule has 32 heavy (non-hydrogen) atoms. The third-order valence-corrected chi connectivity index (χ3v) is 5.72. The van der Waals surface area contributed by atoms with E-state index in [4.69, 9.17) is 16.3 Å². The Labute approximate surface area is 190 Å². The molecular formula is C24H22ClN3O4. The number of ether oxygens (including phenoxy) is 1. The highest BCUT2D eigenvalue weighted by molar-refractivity contribution is 6.46. The highest BCUT2D eigenvalue weighted by Crippen LogP contribution is 2.40. The van der Waals surface area contributed by atoms with Gasteiger partial charge in [0.1, 0.15) is 11.5 Å². The van der Waals surface area contributed by atoms with Gasteiger partial charge in [0.2, 0.25) is 0 Å². The zero-order valence-corrected chi connectivity index (χ0v) is 18.2. The van der Waals surface area contributed by atoms with Crippen LogP contribution in [0.4, 0.5) is 0 Å². The number of halogens is 1. The molecule has 1 aromatic heterocycles. The number of carbonyl (C=O) groups excluding carboxylic acids is 2. The van der Waals surface area contributed by atoms with Gasteiger partial charge >= 0.3 is 0 Å². The Morgan fingerprint density at radius 2 is 1.81 bits per heavy atom. The minimum atomic E-state index is -0.709. The Morgan fingerprint density at radius 3 is 2.44 bits per heavy atom. The van der Waals surface area contributed by atoms with Crippen LogP contribution in [0, 0.1) is 0 Å². The summed E-state index contributed by atoms with van der Waals surface area (Å²) in [5, 5.41) is 11.5. The Bertz CT molecular complexity index is 1140. The number of hydrogen-bond donors (Lipinski definition) is 1. The fraction of sp³-hybridized carbons (Fsp3) is 0.208. The summed E-state index contributed by atoms with van der Waals surface area (Å²) in [5.41, 5.74) is 1.19. The quantitative estimate of drug-likeness (QED) is 0.332. The fourth-order valence-electron chi connectivity index (χ4n) is 3.85. The van der Waals surface area contributed by atoms with Crippen molar-refractivity contribution in [1.29, 1.82) is 0 Å². The van der Waals surface area contributed by atoms with Gasteiger partial charge in [0.15, 0.2) is 0 Å². The van der Waals surface area contributed by atoms with Crippen molar-refractivity contribution in [2.75, 3.05) is 13.7 Å². The van der Waals surface area contributed by atoms with Crippen LogP contribution in [0.15, 0.2) is 72.8 Å². The molecule has 1 amide bonds. The van der Waals surface area contributed by atoms with Crippen LogP contribution >= 0.6 is 11.6 Å². The maximum Gasteiger partial charge on any atom is 0.295 e. The second-order valence-corrected chi connectivity index (χ2v) is 7.86. The van der Waals surface area contributed by atoms with E-state index in [2.05, 4.69) is 4.98 Å². The molecule has 1 aliphatic heterocycles. The third kappa shape index (κ3) is 4.24. The summed E-state index contributed by atoms with van der Waals surface area (Å²) < 4.78 is 7.14. The number of likely N-dealkylation sites (tertiary alicyclic amines) is 1. The van der Waals surface area contributed by atoms with E-state index in [0.29, 0.717) is 41.4 Å². The Balaban J connectivity index is 1.72. The van der Waals surface area contributed by atoms with Gasteiger partial charge < -0.3 is 19.3 Å². The molecule has 4 rings (SSSR count). The van der Waals surface area contributed by atoms with E-state index in [0.717, 1.165) is 0 Å². The lowest BCUT2D eigenvalue weighted by Gasteiger charge is -2.25. The number of aromatic nitrogens is 2. The summed E-state index contributed by atoms with van der Waals surface area (Å²) in [5.74, 6) is -0.908. The molecular weight excluding hydrogens is 430 g/mol. The molecule has 3 aromatic rings. The van der Waals surface area contributed by atoms with Crippen molar-refractivity contribution in [2.45, 2.75) is 19.0 Å². The Morgan fingerprint density at radius 1 is 1.09 bits per heavy atom. The summed E-state index contributed by atoms with van der Waals surface area (Å²) >= 11 is 5.96. The Hall–Kier alpha value is -3.58. The first kappa shape index (κ1) is 21.6. The van der Waals surface area contributed by atoms with Gasteiger partial charge in [-0.25, -0.2) is 4.98 Å². The van der Waals surface area contributed by atoms with Crippen molar-refractivity contribution in [3.8, 4) is 5.75 Å². The molecule has 0 spiro atoms. The number of aliphatic hydroxyl groups excluding tert-OH is 1. The molecule has 8 heteroatoms. The minimum Gasteiger partial charge on any atom is -0.507 e. The van der Waals surface area contributed by atoms with Crippen LogP contribution in [0.1, 0.15) is 23.6 Å². The molecule has 0 bridgehead atoms. The van der Waals surface area contributed by atoms with E-state index >= 15 is 0 Å². The lowest BCUT2D eigenvalue weighted by atomic mass is 9.95. The summed E-state index contributed by atoms with van der Waals surface area (Å²) in [4.78, 5) is 31.5. The highest BCUT2D eigenvalue weighted by Gasteiger charge is 2.45. The molecule has 0 saturated carbocycles. The number of Topliss-reactive ketones (excluding diaryl/α,β-unsaturated/α-hetero) is 1. The van der Waals surface area contributed by atoms with Gasteiger partial charge in [-0.1, -0.05) is 23.7 Å². The molecule has 1 atom stereocenters. The van der Waals surface area contributed by atoms with Crippen LogP contribution in [0.2, 0.25) is 5.02 Å². The molecule has 1 aliphatic rings. The molecule has 2 heterocycles. The maximum atomic E-state index is 13.0. The zero-order valence-electron chi connectivity index (χ0n) is 17.4. The summed E-state index contributed by atoms with van der Waals surface area (Å²) in [6.45, 7) is 0.992. The summed E-state index contributed by atoms with van der Waals surface area (Å²) in [6, 6.07) is 12.9. The largest absolute Gasteiger partial charge is 0.507 e.